The third-order valence-corrected chi connectivity index (χ3v) is 10.5. The first-order valence-electron chi connectivity index (χ1n) is 19.5. The molecule has 8 aromatic carbocycles. The van der Waals surface area contributed by atoms with Gasteiger partial charge in [-0.15, -0.1) is 0 Å². The number of aromatic nitrogens is 4. The fourth-order valence-corrected chi connectivity index (χ4v) is 7.52. The van der Waals surface area contributed by atoms with Crippen LogP contribution in [0.25, 0.3) is 101 Å². The zero-order valence-electron chi connectivity index (χ0n) is 31.6. The van der Waals surface area contributed by atoms with E-state index in [9.17, 15) is 0 Å². The molecule has 0 bridgehead atoms. The predicted molar refractivity (Wildman–Crippen MR) is 239 cm³/mol. The minimum absolute atomic E-state index is 0.638. The second-order valence-corrected chi connectivity index (χ2v) is 14.3. The zero-order valence-corrected chi connectivity index (χ0v) is 31.6. The Balaban J connectivity index is 1.01. The van der Waals surface area contributed by atoms with Crippen molar-refractivity contribution >= 4 is 10.8 Å². The van der Waals surface area contributed by atoms with Crippen LogP contribution in [0.3, 0.4) is 0 Å². The second kappa shape index (κ2) is 15.4. The number of hydrogen-bond acceptors (Lipinski definition) is 4. The number of fused-ring (bicyclic) bond motifs is 1. The summed E-state index contributed by atoms with van der Waals surface area (Å²) in [5, 5.41) is 2.39. The maximum absolute atomic E-state index is 5.08. The molecule has 2 aromatic heterocycles. The molecular weight excluding hydrogens is 705 g/mol. The van der Waals surface area contributed by atoms with E-state index in [-0.39, 0.29) is 0 Å². The highest BCUT2D eigenvalue weighted by atomic mass is 15.0. The molecule has 58 heavy (non-hydrogen) atoms. The first-order chi connectivity index (χ1) is 28.7. The maximum atomic E-state index is 5.08. The molecule has 0 radical (unpaired) electrons. The molecule has 0 aliphatic carbocycles. The summed E-state index contributed by atoms with van der Waals surface area (Å²) in [6.45, 7) is 0. The lowest BCUT2D eigenvalue weighted by atomic mass is 9.92. The molecule has 0 aliphatic rings. The van der Waals surface area contributed by atoms with Crippen LogP contribution >= 0.6 is 0 Å². The van der Waals surface area contributed by atoms with Gasteiger partial charge in [-0.25, -0.2) is 19.9 Å². The highest BCUT2D eigenvalue weighted by Gasteiger charge is 2.15. The Morgan fingerprint density at radius 1 is 0.224 bits per heavy atom. The van der Waals surface area contributed by atoms with Crippen LogP contribution in [0.4, 0.5) is 0 Å². The van der Waals surface area contributed by atoms with Crippen LogP contribution in [0.2, 0.25) is 0 Å². The Labute approximate surface area is 337 Å². The third kappa shape index (κ3) is 7.07. The van der Waals surface area contributed by atoms with Crippen LogP contribution < -0.4 is 0 Å². The minimum Gasteiger partial charge on any atom is -0.248 e. The molecule has 0 atom stereocenters. The number of nitrogens with zero attached hydrogens (tertiary/aromatic N) is 4. The molecular formula is C54H36N4. The summed E-state index contributed by atoms with van der Waals surface area (Å²) in [5.74, 6) is 1.94. The van der Waals surface area contributed by atoms with E-state index < -0.39 is 0 Å². The van der Waals surface area contributed by atoms with Gasteiger partial charge in [-0.3, -0.25) is 0 Å². The molecule has 4 heteroatoms. The number of pyridine rings is 1. The van der Waals surface area contributed by atoms with E-state index in [0.29, 0.717) is 17.5 Å². The van der Waals surface area contributed by atoms with Crippen LogP contribution in [0.1, 0.15) is 0 Å². The normalized spacial score (nSPS) is 11.1. The molecule has 0 N–H and O–H groups in total. The van der Waals surface area contributed by atoms with Crippen molar-refractivity contribution in [3.63, 3.8) is 0 Å². The van der Waals surface area contributed by atoms with E-state index in [1.54, 1.807) is 0 Å². The molecule has 4 nitrogen and oxygen atoms in total. The predicted octanol–water partition coefficient (Wildman–Crippen LogP) is 13.8. The largest absolute Gasteiger partial charge is 0.248 e. The third-order valence-electron chi connectivity index (χ3n) is 10.5. The smallest absolute Gasteiger partial charge is 0.164 e. The Morgan fingerprint density at radius 2 is 0.586 bits per heavy atom. The summed E-state index contributed by atoms with van der Waals surface area (Å²) in [6.07, 6.45) is 0. The zero-order chi connectivity index (χ0) is 38.7. The number of hydrogen-bond donors (Lipinski definition) is 0. The van der Waals surface area contributed by atoms with E-state index in [0.717, 1.165) is 67.0 Å². The fourth-order valence-electron chi connectivity index (χ4n) is 7.52. The maximum Gasteiger partial charge on any atom is 0.164 e. The molecule has 0 saturated heterocycles. The van der Waals surface area contributed by atoms with E-state index in [1.807, 2.05) is 72.8 Å². The molecule has 2 heterocycles. The van der Waals surface area contributed by atoms with Gasteiger partial charge in [-0.2, -0.15) is 0 Å². The quantitative estimate of drug-likeness (QED) is 0.156. The Morgan fingerprint density at radius 3 is 1.07 bits per heavy atom. The van der Waals surface area contributed by atoms with Crippen molar-refractivity contribution in [3.05, 3.63) is 218 Å². The van der Waals surface area contributed by atoms with Crippen molar-refractivity contribution in [2.75, 3.05) is 0 Å². The van der Waals surface area contributed by atoms with Crippen molar-refractivity contribution in [2.24, 2.45) is 0 Å². The Kier molecular flexibility index (Phi) is 9.18. The van der Waals surface area contributed by atoms with Crippen molar-refractivity contribution in [2.45, 2.75) is 0 Å². The molecule has 0 spiro atoms. The SMILES string of the molecule is c1ccc(-c2cc(-c3ccc(-c4cc(-c5ccc(-c6nc(-c7ccccc7)nc(-c7ccccc7)n6)cc5)c5ccccc5c4)cc3)cc(-c3ccccc3)n2)cc1. The molecule has 10 rings (SSSR count). The van der Waals surface area contributed by atoms with Crippen molar-refractivity contribution < 1.29 is 0 Å². The van der Waals surface area contributed by atoms with Gasteiger partial charge < -0.3 is 0 Å². The van der Waals surface area contributed by atoms with Crippen LogP contribution in [-0.4, -0.2) is 19.9 Å². The van der Waals surface area contributed by atoms with Crippen LogP contribution in [0.15, 0.2) is 218 Å². The molecule has 272 valence electrons. The van der Waals surface area contributed by atoms with Gasteiger partial charge in [0.1, 0.15) is 0 Å². The minimum atomic E-state index is 0.638. The van der Waals surface area contributed by atoms with Gasteiger partial charge in [-0.05, 0) is 68.4 Å². The number of benzene rings is 8. The highest BCUT2D eigenvalue weighted by molar-refractivity contribution is 6.00. The lowest BCUT2D eigenvalue weighted by Crippen LogP contribution is -2.00. The summed E-state index contributed by atoms with van der Waals surface area (Å²) in [4.78, 5) is 19.8. The highest BCUT2D eigenvalue weighted by Crippen LogP contribution is 2.37. The van der Waals surface area contributed by atoms with Crippen molar-refractivity contribution in [1.82, 2.24) is 19.9 Å². The summed E-state index contributed by atoms with van der Waals surface area (Å²) in [5.41, 5.74) is 13.8. The molecule has 0 aliphatic heterocycles. The summed E-state index contributed by atoms with van der Waals surface area (Å²) < 4.78 is 0. The van der Waals surface area contributed by atoms with Gasteiger partial charge in [0.25, 0.3) is 0 Å². The van der Waals surface area contributed by atoms with Crippen LogP contribution in [0.5, 0.6) is 0 Å². The van der Waals surface area contributed by atoms with Crippen molar-refractivity contribution in [3.8, 4) is 90.1 Å². The van der Waals surface area contributed by atoms with Crippen LogP contribution in [-0.2, 0) is 0 Å². The van der Waals surface area contributed by atoms with E-state index in [1.165, 1.54) is 16.3 Å². The van der Waals surface area contributed by atoms with Gasteiger partial charge in [-0.1, -0.05) is 194 Å². The second-order valence-electron chi connectivity index (χ2n) is 14.3. The van der Waals surface area contributed by atoms with Crippen molar-refractivity contribution in [1.29, 1.82) is 0 Å². The summed E-state index contributed by atoms with van der Waals surface area (Å²) >= 11 is 0. The topological polar surface area (TPSA) is 51.6 Å². The van der Waals surface area contributed by atoms with E-state index in [2.05, 4.69) is 146 Å². The lowest BCUT2D eigenvalue weighted by molar-refractivity contribution is 1.07. The molecule has 0 saturated carbocycles. The average molecular weight is 741 g/mol. The summed E-state index contributed by atoms with van der Waals surface area (Å²) in [6, 6.07) is 76.0. The molecule has 0 amide bonds. The standard InChI is InChI=1S/C54H36N4/c1-5-15-40(16-6-1)50-35-47(36-51(55-50)41-17-7-2-8-18-41)38-27-25-37(26-28-38)46-33-45-23-13-14-24-48(45)49(34-46)39-29-31-44(32-30-39)54-57-52(42-19-9-3-10-20-42)56-53(58-54)43-21-11-4-12-22-43/h1-36H. The molecule has 0 unspecified atom stereocenters. The fraction of sp³-hybridized carbons (Fsp3) is 0. The lowest BCUT2D eigenvalue weighted by Gasteiger charge is -2.13. The number of rotatable bonds is 8. The van der Waals surface area contributed by atoms with Crippen LogP contribution in [0, 0.1) is 0 Å². The summed E-state index contributed by atoms with van der Waals surface area (Å²) in [7, 11) is 0. The first-order valence-corrected chi connectivity index (χ1v) is 19.5. The average Bonchev–Trinajstić information content (AvgIpc) is 3.32. The van der Waals surface area contributed by atoms with Gasteiger partial charge in [0.05, 0.1) is 11.4 Å². The molecule has 10 aromatic rings. The van der Waals surface area contributed by atoms with Gasteiger partial charge >= 0.3 is 0 Å². The Bertz CT molecular complexity index is 2890. The van der Waals surface area contributed by atoms with Gasteiger partial charge in [0.15, 0.2) is 17.5 Å². The monoisotopic (exact) mass is 740 g/mol. The van der Waals surface area contributed by atoms with Gasteiger partial charge in [0, 0.05) is 27.8 Å². The van der Waals surface area contributed by atoms with E-state index >= 15 is 0 Å². The first kappa shape index (κ1) is 34.7. The Hall–Kier alpha value is -7.82. The molecule has 0 fully saturated rings. The van der Waals surface area contributed by atoms with Gasteiger partial charge in [0.2, 0.25) is 0 Å². The van der Waals surface area contributed by atoms with E-state index in [4.69, 9.17) is 19.9 Å².